The Kier molecular flexibility index (Phi) is 3.38. The van der Waals surface area contributed by atoms with Gasteiger partial charge in [0.25, 0.3) is 0 Å². The second kappa shape index (κ2) is 5.49. The van der Waals surface area contributed by atoms with E-state index in [1.807, 2.05) is 6.07 Å². The molecule has 0 aliphatic heterocycles. The molecule has 0 atom stereocenters. The Hall–Kier alpha value is -3.09. The fourth-order valence-electron chi connectivity index (χ4n) is 1.84. The molecular weight excluding hydrogens is 270 g/mol. The number of pyridine rings is 2. The molecule has 0 unspecified atom stereocenters. The van der Waals surface area contributed by atoms with Crippen LogP contribution in [0, 0.1) is 0 Å². The molecule has 3 rings (SSSR count). The number of nitrogens with one attached hydrogen (secondary N) is 1. The van der Waals surface area contributed by atoms with Crippen LogP contribution in [0.25, 0.3) is 11.2 Å². The summed E-state index contributed by atoms with van der Waals surface area (Å²) in [7, 11) is 0. The quantitative estimate of drug-likeness (QED) is 0.750. The Morgan fingerprint density at radius 3 is 2.81 bits per heavy atom. The Labute approximate surface area is 119 Å². The van der Waals surface area contributed by atoms with Gasteiger partial charge in [-0.2, -0.15) is 0 Å². The van der Waals surface area contributed by atoms with Crippen molar-refractivity contribution >= 4 is 23.0 Å². The summed E-state index contributed by atoms with van der Waals surface area (Å²) < 4.78 is 0. The van der Waals surface area contributed by atoms with Crippen molar-refractivity contribution in [3.05, 3.63) is 54.1 Å². The van der Waals surface area contributed by atoms with E-state index in [1.54, 1.807) is 18.5 Å². The minimum absolute atomic E-state index is 0.208. The van der Waals surface area contributed by atoms with Crippen LogP contribution in [-0.2, 0) is 6.54 Å². The van der Waals surface area contributed by atoms with E-state index < -0.39 is 5.97 Å². The smallest absolute Gasteiger partial charge is 0.335 e. The molecule has 3 aromatic heterocycles. The Morgan fingerprint density at radius 2 is 1.95 bits per heavy atom. The average molecular weight is 281 g/mol. The summed E-state index contributed by atoms with van der Waals surface area (Å²) in [5.41, 5.74) is 2.10. The molecule has 21 heavy (non-hydrogen) atoms. The van der Waals surface area contributed by atoms with E-state index in [-0.39, 0.29) is 5.56 Å². The summed E-state index contributed by atoms with van der Waals surface area (Å²) in [5, 5.41) is 12.0. The van der Waals surface area contributed by atoms with Gasteiger partial charge in [0.1, 0.15) is 11.3 Å². The fraction of sp³-hybridized carbons (Fsp3) is 0.0714. The maximum Gasteiger partial charge on any atom is 0.335 e. The fourth-order valence-corrected chi connectivity index (χ4v) is 1.84. The van der Waals surface area contributed by atoms with Crippen LogP contribution >= 0.6 is 0 Å². The molecule has 2 N–H and O–H groups in total. The van der Waals surface area contributed by atoms with Gasteiger partial charge in [-0.3, -0.25) is 9.97 Å². The minimum atomic E-state index is -0.974. The molecule has 3 aromatic rings. The van der Waals surface area contributed by atoms with Crippen molar-refractivity contribution in [2.24, 2.45) is 0 Å². The Balaban J connectivity index is 1.77. The number of rotatable bonds is 4. The summed E-state index contributed by atoms with van der Waals surface area (Å²) in [6.07, 6.45) is 4.66. The summed E-state index contributed by atoms with van der Waals surface area (Å²) in [5.74, 6) is -0.344. The summed E-state index contributed by atoms with van der Waals surface area (Å²) >= 11 is 0. The van der Waals surface area contributed by atoms with Gasteiger partial charge in [-0.15, -0.1) is 0 Å². The van der Waals surface area contributed by atoms with Crippen LogP contribution in [-0.4, -0.2) is 31.0 Å². The number of anilines is 1. The van der Waals surface area contributed by atoms with Gasteiger partial charge in [0.15, 0.2) is 5.65 Å². The zero-order valence-electron chi connectivity index (χ0n) is 10.9. The van der Waals surface area contributed by atoms with Crippen molar-refractivity contribution in [3.63, 3.8) is 0 Å². The van der Waals surface area contributed by atoms with Crippen molar-refractivity contribution in [3.8, 4) is 0 Å². The number of carbonyl (C=O) groups is 1. The lowest BCUT2D eigenvalue weighted by molar-refractivity contribution is 0.0696. The minimum Gasteiger partial charge on any atom is -0.478 e. The third-order valence-corrected chi connectivity index (χ3v) is 2.85. The van der Waals surface area contributed by atoms with E-state index in [4.69, 9.17) is 5.11 Å². The van der Waals surface area contributed by atoms with E-state index in [2.05, 4.69) is 25.3 Å². The van der Waals surface area contributed by atoms with E-state index in [0.717, 1.165) is 0 Å². The highest BCUT2D eigenvalue weighted by Crippen LogP contribution is 2.11. The zero-order chi connectivity index (χ0) is 14.7. The van der Waals surface area contributed by atoms with Crippen molar-refractivity contribution < 1.29 is 9.90 Å². The van der Waals surface area contributed by atoms with Crippen molar-refractivity contribution in [1.82, 2.24) is 19.9 Å². The molecule has 0 amide bonds. The SMILES string of the molecule is O=C(O)c1ccnc(CNc2ccc3nccnc3n2)c1. The highest BCUT2D eigenvalue weighted by molar-refractivity contribution is 5.87. The van der Waals surface area contributed by atoms with Crippen molar-refractivity contribution in [2.45, 2.75) is 6.54 Å². The first-order valence-corrected chi connectivity index (χ1v) is 6.22. The predicted octanol–water partition coefficient (Wildman–Crippen LogP) is 1.73. The topological polar surface area (TPSA) is 101 Å². The molecule has 7 heteroatoms. The molecule has 0 saturated carbocycles. The standard InChI is InChI=1S/C14H11N5O2/c20-14(21)9-3-4-15-10(7-9)8-18-12-2-1-11-13(19-12)17-6-5-16-11/h1-7H,8H2,(H,20,21)(H,17,18,19). The number of aromatic carboxylic acids is 1. The number of carboxylic acids is 1. The molecule has 0 fully saturated rings. The molecular formula is C14H11N5O2. The molecule has 104 valence electrons. The van der Waals surface area contributed by atoms with Crippen LogP contribution in [0.3, 0.4) is 0 Å². The van der Waals surface area contributed by atoms with Crippen LogP contribution in [0.1, 0.15) is 16.1 Å². The Bertz CT molecular complexity index is 806. The van der Waals surface area contributed by atoms with E-state index >= 15 is 0 Å². The van der Waals surface area contributed by atoms with E-state index in [0.29, 0.717) is 29.2 Å². The first-order valence-electron chi connectivity index (χ1n) is 6.22. The number of hydrogen-bond donors (Lipinski definition) is 2. The van der Waals surface area contributed by atoms with Gasteiger partial charge in [-0.25, -0.2) is 14.8 Å². The van der Waals surface area contributed by atoms with E-state index in [9.17, 15) is 4.79 Å². The molecule has 0 aliphatic rings. The second-order valence-electron chi connectivity index (χ2n) is 4.29. The number of nitrogens with zero attached hydrogens (tertiary/aromatic N) is 4. The summed E-state index contributed by atoms with van der Waals surface area (Å²) in [6, 6.07) is 6.59. The molecule has 0 radical (unpaired) electrons. The Morgan fingerprint density at radius 1 is 1.10 bits per heavy atom. The van der Waals surface area contributed by atoms with Crippen LogP contribution in [0.15, 0.2) is 42.9 Å². The number of hydrogen-bond acceptors (Lipinski definition) is 6. The number of fused-ring (bicyclic) bond motifs is 1. The van der Waals surface area contributed by atoms with Gasteiger partial charge in [-0.1, -0.05) is 0 Å². The first kappa shape index (κ1) is 12.9. The lowest BCUT2D eigenvalue weighted by atomic mass is 10.2. The maximum atomic E-state index is 10.9. The highest BCUT2D eigenvalue weighted by Gasteiger charge is 2.05. The van der Waals surface area contributed by atoms with Crippen LogP contribution < -0.4 is 5.32 Å². The van der Waals surface area contributed by atoms with Crippen molar-refractivity contribution in [1.29, 1.82) is 0 Å². The lowest BCUT2D eigenvalue weighted by Gasteiger charge is -2.06. The molecule has 0 bridgehead atoms. The highest BCUT2D eigenvalue weighted by atomic mass is 16.4. The van der Waals surface area contributed by atoms with Crippen LogP contribution in [0.4, 0.5) is 5.82 Å². The third kappa shape index (κ3) is 2.92. The molecule has 0 spiro atoms. The zero-order valence-corrected chi connectivity index (χ0v) is 10.9. The summed E-state index contributed by atoms with van der Waals surface area (Å²) in [4.78, 5) is 27.6. The third-order valence-electron chi connectivity index (χ3n) is 2.85. The van der Waals surface area contributed by atoms with Gasteiger partial charge in [0.2, 0.25) is 0 Å². The average Bonchev–Trinajstić information content (AvgIpc) is 2.53. The van der Waals surface area contributed by atoms with Gasteiger partial charge < -0.3 is 10.4 Å². The lowest BCUT2D eigenvalue weighted by Crippen LogP contribution is -2.05. The normalized spacial score (nSPS) is 10.5. The molecule has 0 aliphatic carbocycles. The second-order valence-corrected chi connectivity index (χ2v) is 4.29. The van der Waals surface area contributed by atoms with Crippen molar-refractivity contribution in [2.75, 3.05) is 5.32 Å². The van der Waals surface area contributed by atoms with Crippen LogP contribution in [0.5, 0.6) is 0 Å². The number of aromatic nitrogens is 4. The van der Waals surface area contributed by atoms with Gasteiger partial charge in [0.05, 0.1) is 17.8 Å². The van der Waals surface area contributed by atoms with Crippen LogP contribution in [0.2, 0.25) is 0 Å². The van der Waals surface area contributed by atoms with Gasteiger partial charge in [-0.05, 0) is 24.3 Å². The first-order chi connectivity index (χ1) is 10.2. The number of carboxylic acid groups (broad SMARTS) is 1. The molecule has 3 heterocycles. The van der Waals surface area contributed by atoms with E-state index in [1.165, 1.54) is 18.3 Å². The molecule has 0 saturated heterocycles. The molecule has 0 aromatic carbocycles. The molecule has 7 nitrogen and oxygen atoms in total. The predicted molar refractivity (Wildman–Crippen MR) is 75.9 cm³/mol. The summed E-state index contributed by atoms with van der Waals surface area (Å²) in [6.45, 7) is 0.375. The maximum absolute atomic E-state index is 10.9. The van der Waals surface area contributed by atoms with Gasteiger partial charge >= 0.3 is 5.97 Å². The largest absolute Gasteiger partial charge is 0.478 e. The van der Waals surface area contributed by atoms with Gasteiger partial charge in [0, 0.05) is 18.6 Å². The monoisotopic (exact) mass is 281 g/mol.